The summed E-state index contributed by atoms with van der Waals surface area (Å²) in [5.74, 6) is 2.14. The summed E-state index contributed by atoms with van der Waals surface area (Å²) in [7, 11) is 1.87. The molecule has 0 spiro atoms. The molecule has 1 amide bonds. The van der Waals surface area contributed by atoms with Crippen molar-refractivity contribution in [3.63, 3.8) is 0 Å². The van der Waals surface area contributed by atoms with E-state index in [0.29, 0.717) is 41.4 Å². The molecule has 28 heavy (non-hydrogen) atoms. The molecule has 4 rings (SSSR count). The quantitative estimate of drug-likeness (QED) is 0.662. The molecule has 3 aromatic rings. The highest BCUT2D eigenvalue weighted by Crippen LogP contribution is 2.32. The molecule has 1 aromatic carbocycles. The van der Waals surface area contributed by atoms with Crippen LogP contribution in [0, 0.1) is 0 Å². The number of ether oxygens (including phenoxy) is 2. The van der Waals surface area contributed by atoms with Gasteiger partial charge in [0.25, 0.3) is 0 Å². The van der Waals surface area contributed by atoms with Crippen molar-refractivity contribution in [3.05, 3.63) is 42.7 Å². The molecule has 0 unspecified atom stereocenters. The van der Waals surface area contributed by atoms with Gasteiger partial charge in [-0.2, -0.15) is 0 Å². The van der Waals surface area contributed by atoms with E-state index in [-0.39, 0.29) is 11.7 Å². The Kier molecular flexibility index (Phi) is 5.43. The van der Waals surface area contributed by atoms with Gasteiger partial charge >= 0.3 is 0 Å². The molecule has 0 atom stereocenters. The van der Waals surface area contributed by atoms with Crippen LogP contribution in [0.5, 0.6) is 11.5 Å². The molecule has 8 nitrogen and oxygen atoms in total. The molecule has 0 radical (unpaired) electrons. The second-order valence-corrected chi connectivity index (χ2v) is 7.10. The van der Waals surface area contributed by atoms with Crippen LogP contribution in [-0.4, -0.2) is 44.6 Å². The normalized spacial score (nSPS) is 13.0. The number of aromatic nitrogens is 4. The van der Waals surface area contributed by atoms with Gasteiger partial charge in [0.05, 0.1) is 19.0 Å². The molecule has 0 saturated carbocycles. The predicted octanol–water partition coefficient (Wildman–Crippen LogP) is 2.77. The Hall–Kier alpha value is -3.07. The molecule has 0 saturated heterocycles. The number of anilines is 1. The van der Waals surface area contributed by atoms with Crippen molar-refractivity contribution in [3.8, 4) is 22.9 Å². The topological polar surface area (TPSA) is 91.2 Å². The van der Waals surface area contributed by atoms with Crippen molar-refractivity contribution >= 4 is 23.4 Å². The molecule has 0 aliphatic carbocycles. The number of benzene rings is 1. The highest BCUT2D eigenvalue weighted by atomic mass is 32.2. The predicted molar refractivity (Wildman–Crippen MR) is 106 cm³/mol. The molecular formula is C19H19N5O3S. The monoisotopic (exact) mass is 397 g/mol. The number of pyridine rings is 1. The fourth-order valence-electron chi connectivity index (χ4n) is 2.76. The van der Waals surface area contributed by atoms with Crippen LogP contribution in [0.3, 0.4) is 0 Å². The summed E-state index contributed by atoms with van der Waals surface area (Å²) >= 11 is 1.32. The van der Waals surface area contributed by atoms with Crippen LogP contribution in [0.4, 0.5) is 5.69 Å². The van der Waals surface area contributed by atoms with E-state index in [1.165, 1.54) is 11.8 Å². The maximum atomic E-state index is 12.3. The Morgan fingerprint density at radius 2 is 2.07 bits per heavy atom. The van der Waals surface area contributed by atoms with Crippen LogP contribution in [0.1, 0.15) is 6.42 Å². The van der Waals surface area contributed by atoms with E-state index in [9.17, 15) is 4.79 Å². The summed E-state index contributed by atoms with van der Waals surface area (Å²) in [6.45, 7) is 1.24. The second kappa shape index (κ2) is 8.30. The molecule has 1 aliphatic heterocycles. The van der Waals surface area contributed by atoms with Crippen LogP contribution in [0.25, 0.3) is 11.4 Å². The maximum Gasteiger partial charge on any atom is 0.234 e. The fourth-order valence-corrected chi connectivity index (χ4v) is 3.47. The molecule has 1 aliphatic rings. The number of carbonyl (C=O) groups is 1. The van der Waals surface area contributed by atoms with Crippen LogP contribution in [-0.2, 0) is 11.8 Å². The Labute approximate surface area is 166 Å². The van der Waals surface area contributed by atoms with Crippen molar-refractivity contribution in [2.24, 2.45) is 7.05 Å². The molecule has 9 heteroatoms. The molecular weight excluding hydrogens is 378 g/mol. The number of nitrogens with zero attached hydrogens (tertiary/aromatic N) is 4. The molecule has 144 valence electrons. The van der Waals surface area contributed by atoms with E-state index in [1.54, 1.807) is 24.5 Å². The number of nitrogens with one attached hydrogen (secondary N) is 1. The Balaban J connectivity index is 1.38. The summed E-state index contributed by atoms with van der Waals surface area (Å²) < 4.78 is 13.1. The Morgan fingerprint density at radius 1 is 1.21 bits per heavy atom. The number of carbonyl (C=O) groups excluding carboxylic acids is 1. The first kappa shape index (κ1) is 18.3. The van der Waals surface area contributed by atoms with E-state index in [1.807, 2.05) is 29.8 Å². The van der Waals surface area contributed by atoms with Gasteiger partial charge in [0, 0.05) is 43.2 Å². The molecule has 0 fully saturated rings. The lowest BCUT2D eigenvalue weighted by Gasteiger charge is -2.10. The van der Waals surface area contributed by atoms with Crippen molar-refractivity contribution in [1.82, 2.24) is 19.7 Å². The minimum Gasteiger partial charge on any atom is -0.490 e. The number of thioether (sulfide) groups is 1. The summed E-state index contributed by atoms with van der Waals surface area (Å²) in [5.41, 5.74) is 1.55. The number of rotatable bonds is 5. The smallest absolute Gasteiger partial charge is 0.234 e. The zero-order valence-corrected chi connectivity index (χ0v) is 16.1. The molecule has 1 N–H and O–H groups in total. The van der Waals surface area contributed by atoms with Crippen LogP contribution in [0.15, 0.2) is 47.9 Å². The fraction of sp³-hybridized carbons (Fsp3) is 0.263. The first-order chi connectivity index (χ1) is 13.7. The number of hydrogen-bond donors (Lipinski definition) is 1. The van der Waals surface area contributed by atoms with Gasteiger partial charge in [-0.3, -0.25) is 9.78 Å². The average molecular weight is 397 g/mol. The van der Waals surface area contributed by atoms with Crippen LogP contribution < -0.4 is 14.8 Å². The first-order valence-corrected chi connectivity index (χ1v) is 9.81. The lowest BCUT2D eigenvalue weighted by atomic mass is 10.2. The van der Waals surface area contributed by atoms with Gasteiger partial charge in [0.2, 0.25) is 5.91 Å². The Bertz CT molecular complexity index is 977. The van der Waals surface area contributed by atoms with E-state index < -0.39 is 0 Å². The second-order valence-electron chi connectivity index (χ2n) is 6.16. The third-order valence-electron chi connectivity index (χ3n) is 4.12. The third-order valence-corrected chi connectivity index (χ3v) is 5.14. The average Bonchev–Trinajstić information content (AvgIpc) is 2.92. The summed E-state index contributed by atoms with van der Waals surface area (Å²) in [6, 6.07) is 9.17. The number of hydrogen-bond acceptors (Lipinski definition) is 7. The van der Waals surface area contributed by atoms with Crippen LogP contribution in [0.2, 0.25) is 0 Å². The number of amides is 1. The minimum atomic E-state index is -0.134. The zero-order chi connectivity index (χ0) is 19.3. The van der Waals surface area contributed by atoms with Gasteiger partial charge in [0.15, 0.2) is 22.5 Å². The highest BCUT2D eigenvalue weighted by Gasteiger charge is 2.15. The van der Waals surface area contributed by atoms with Crippen molar-refractivity contribution < 1.29 is 14.3 Å². The maximum absolute atomic E-state index is 12.3. The number of fused-ring (bicyclic) bond motifs is 1. The van der Waals surface area contributed by atoms with Gasteiger partial charge in [-0.05, 0) is 24.3 Å². The highest BCUT2D eigenvalue weighted by molar-refractivity contribution is 7.99. The summed E-state index contributed by atoms with van der Waals surface area (Å²) in [5, 5.41) is 11.9. The largest absolute Gasteiger partial charge is 0.490 e. The third kappa shape index (κ3) is 4.09. The zero-order valence-electron chi connectivity index (χ0n) is 15.3. The van der Waals surface area contributed by atoms with Gasteiger partial charge in [-0.25, -0.2) is 0 Å². The SMILES string of the molecule is Cn1c(SCC(=O)Nc2ccc3c(c2)OCCCO3)nnc1-c1cccnc1. The first-order valence-electron chi connectivity index (χ1n) is 8.83. The standard InChI is InChI=1S/C19H19N5O3S/c1-24-18(13-4-2-7-20-11-13)22-23-19(24)28-12-17(25)21-14-5-6-15-16(10-14)27-9-3-8-26-15/h2,4-7,10-11H,3,8-9,12H2,1H3,(H,21,25). The van der Waals surface area contributed by atoms with E-state index in [0.717, 1.165) is 12.0 Å². The van der Waals surface area contributed by atoms with Gasteiger partial charge in [-0.1, -0.05) is 11.8 Å². The van der Waals surface area contributed by atoms with Gasteiger partial charge in [-0.15, -0.1) is 10.2 Å². The summed E-state index contributed by atoms with van der Waals surface area (Å²) in [6.07, 6.45) is 4.28. The lowest BCUT2D eigenvalue weighted by Crippen LogP contribution is -2.14. The van der Waals surface area contributed by atoms with Crippen molar-refractivity contribution in [1.29, 1.82) is 0 Å². The summed E-state index contributed by atoms with van der Waals surface area (Å²) in [4.78, 5) is 16.4. The molecule has 0 bridgehead atoms. The molecule has 3 heterocycles. The van der Waals surface area contributed by atoms with E-state index in [2.05, 4.69) is 20.5 Å². The van der Waals surface area contributed by atoms with Gasteiger partial charge in [0.1, 0.15) is 0 Å². The van der Waals surface area contributed by atoms with Gasteiger partial charge < -0.3 is 19.4 Å². The van der Waals surface area contributed by atoms with Crippen molar-refractivity contribution in [2.45, 2.75) is 11.6 Å². The van der Waals surface area contributed by atoms with Crippen molar-refractivity contribution in [2.75, 3.05) is 24.3 Å². The molecule has 2 aromatic heterocycles. The lowest BCUT2D eigenvalue weighted by molar-refractivity contribution is -0.113. The van der Waals surface area contributed by atoms with E-state index >= 15 is 0 Å². The van der Waals surface area contributed by atoms with Crippen LogP contribution >= 0.6 is 11.8 Å². The van der Waals surface area contributed by atoms with E-state index in [4.69, 9.17) is 9.47 Å². The Morgan fingerprint density at radius 3 is 2.89 bits per heavy atom. The minimum absolute atomic E-state index is 0.134.